The van der Waals surface area contributed by atoms with Crippen molar-refractivity contribution in [2.24, 2.45) is 0 Å². The molecule has 1 aliphatic rings. The largest absolute Gasteiger partial charge is 0.476 e. The Balaban J connectivity index is 1.41. The molecule has 0 bridgehead atoms. The van der Waals surface area contributed by atoms with Crippen LogP contribution in [0.1, 0.15) is 33.5 Å². The molecule has 0 saturated carbocycles. The first kappa shape index (κ1) is 16.6. The molecule has 4 rings (SSSR count). The van der Waals surface area contributed by atoms with Crippen molar-refractivity contribution in [3.63, 3.8) is 0 Å². The molecule has 0 radical (unpaired) electrons. The zero-order valence-corrected chi connectivity index (χ0v) is 14.4. The summed E-state index contributed by atoms with van der Waals surface area (Å²) in [6.07, 6.45) is 2.89. The third-order valence-corrected chi connectivity index (χ3v) is 5.25. The van der Waals surface area contributed by atoms with E-state index in [9.17, 15) is 9.18 Å². The third-order valence-electron chi connectivity index (χ3n) is 4.26. The second kappa shape index (κ2) is 6.79. The van der Waals surface area contributed by atoms with Crippen molar-refractivity contribution in [3.05, 3.63) is 52.5 Å². The van der Waals surface area contributed by atoms with Gasteiger partial charge in [-0.15, -0.1) is 15.3 Å². The second-order valence-electron chi connectivity index (χ2n) is 6.06. The summed E-state index contributed by atoms with van der Waals surface area (Å²) in [4.78, 5) is 13.0. The molecule has 1 aromatic carbocycles. The molecule has 26 heavy (non-hydrogen) atoms. The number of nitrogens with zero attached hydrogens (tertiary/aromatic N) is 6. The van der Waals surface area contributed by atoms with E-state index in [4.69, 9.17) is 5.11 Å². The van der Waals surface area contributed by atoms with Crippen LogP contribution in [0.2, 0.25) is 0 Å². The minimum atomic E-state index is -1.08. The number of benzene rings is 1. The highest BCUT2D eigenvalue weighted by Crippen LogP contribution is 2.29. The monoisotopic (exact) mass is 374 g/mol. The molecule has 0 amide bonds. The number of aromatic carboxylic acids is 1. The Bertz CT molecular complexity index is 925. The summed E-state index contributed by atoms with van der Waals surface area (Å²) in [7, 11) is 0. The number of carbonyl (C=O) groups is 1. The lowest BCUT2D eigenvalue weighted by atomic mass is 10.2. The van der Waals surface area contributed by atoms with Crippen molar-refractivity contribution in [3.8, 4) is 0 Å². The zero-order chi connectivity index (χ0) is 18.1. The highest BCUT2D eigenvalue weighted by atomic mass is 32.1. The van der Waals surface area contributed by atoms with E-state index in [1.54, 1.807) is 16.8 Å². The number of anilines is 1. The van der Waals surface area contributed by atoms with Crippen LogP contribution in [0, 0.1) is 5.82 Å². The summed E-state index contributed by atoms with van der Waals surface area (Å²) in [6, 6.07) is 6.41. The SMILES string of the molecule is O=C(O)c1cn(C2CCN(c3nnc(Cc4ccc(F)cc4)s3)C2)nn1. The first-order valence-electron chi connectivity index (χ1n) is 8.05. The molecule has 3 aromatic rings. The Morgan fingerprint density at radius 1 is 1.27 bits per heavy atom. The van der Waals surface area contributed by atoms with Crippen molar-refractivity contribution in [2.75, 3.05) is 18.0 Å². The maximum Gasteiger partial charge on any atom is 0.358 e. The Kier molecular flexibility index (Phi) is 4.33. The number of halogens is 1. The summed E-state index contributed by atoms with van der Waals surface area (Å²) in [5.41, 5.74) is 0.929. The van der Waals surface area contributed by atoms with E-state index < -0.39 is 5.97 Å². The summed E-state index contributed by atoms with van der Waals surface area (Å²) in [5, 5.41) is 26.7. The van der Waals surface area contributed by atoms with Gasteiger partial charge in [0, 0.05) is 19.5 Å². The maximum absolute atomic E-state index is 13.0. The van der Waals surface area contributed by atoms with Gasteiger partial charge in [-0.1, -0.05) is 28.7 Å². The second-order valence-corrected chi connectivity index (χ2v) is 7.10. The lowest BCUT2D eigenvalue weighted by Gasteiger charge is -2.13. The van der Waals surface area contributed by atoms with Gasteiger partial charge in [-0.25, -0.2) is 13.9 Å². The summed E-state index contributed by atoms with van der Waals surface area (Å²) in [5.74, 6) is -1.34. The number of rotatable bonds is 5. The van der Waals surface area contributed by atoms with Crippen molar-refractivity contribution in [1.82, 2.24) is 25.2 Å². The van der Waals surface area contributed by atoms with E-state index in [0.717, 1.165) is 28.7 Å². The van der Waals surface area contributed by atoms with E-state index in [1.165, 1.54) is 29.7 Å². The number of aromatic nitrogens is 5. The molecule has 0 spiro atoms. The third kappa shape index (κ3) is 3.40. The van der Waals surface area contributed by atoms with Gasteiger partial charge in [0.15, 0.2) is 5.69 Å². The predicted molar refractivity (Wildman–Crippen MR) is 92.0 cm³/mol. The zero-order valence-electron chi connectivity index (χ0n) is 13.6. The Morgan fingerprint density at radius 2 is 2.08 bits per heavy atom. The molecular formula is C16H15FN6O2S. The molecule has 10 heteroatoms. The number of hydrogen-bond acceptors (Lipinski definition) is 7. The highest BCUT2D eigenvalue weighted by Gasteiger charge is 2.28. The van der Waals surface area contributed by atoms with Crippen LogP contribution in [-0.4, -0.2) is 49.4 Å². The van der Waals surface area contributed by atoms with Crippen LogP contribution >= 0.6 is 11.3 Å². The summed E-state index contributed by atoms with van der Waals surface area (Å²) in [6.45, 7) is 1.46. The number of carboxylic acid groups (broad SMARTS) is 1. The minimum Gasteiger partial charge on any atom is -0.476 e. The van der Waals surface area contributed by atoms with Crippen molar-refractivity contribution < 1.29 is 14.3 Å². The Morgan fingerprint density at radius 3 is 2.81 bits per heavy atom. The fraction of sp³-hybridized carbons (Fsp3) is 0.312. The smallest absolute Gasteiger partial charge is 0.358 e. The van der Waals surface area contributed by atoms with Crippen LogP contribution in [0.3, 0.4) is 0 Å². The van der Waals surface area contributed by atoms with Crippen LogP contribution in [0.25, 0.3) is 0 Å². The normalized spacial score (nSPS) is 17.0. The van der Waals surface area contributed by atoms with E-state index in [2.05, 4.69) is 25.4 Å². The van der Waals surface area contributed by atoms with Crippen molar-refractivity contribution >= 4 is 22.4 Å². The van der Waals surface area contributed by atoms with Crippen molar-refractivity contribution in [2.45, 2.75) is 18.9 Å². The molecule has 1 fully saturated rings. The lowest BCUT2D eigenvalue weighted by molar-refractivity contribution is 0.0690. The molecule has 1 atom stereocenters. The van der Waals surface area contributed by atoms with Gasteiger partial charge in [-0.05, 0) is 24.1 Å². The minimum absolute atomic E-state index is 0.0547. The highest BCUT2D eigenvalue weighted by molar-refractivity contribution is 7.15. The summed E-state index contributed by atoms with van der Waals surface area (Å²) < 4.78 is 14.6. The molecule has 134 valence electrons. The van der Waals surface area contributed by atoms with Gasteiger partial charge < -0.3 is 10.0 Å². The molecular weight excluding hydrogens is 359 g/mol. The average Bonchev–Trinajstić information content (AvgIpc) is 3.36. The van der Waals surface area contributed by atoms with E-state index in [1.807, 2.05) is 0 Å². The van der Waals surface area contributed by atoms with E-state index in [0.29, 0.717) is 13.0 Å². The molecule has 0 aliphatic carbocycles. The summed E-state index contributed by atoms with van der Waals surface area (Å²) >= 11 is 1.51. The van der Waals surface area contributed by atoms with Crippen molar-refractivity contribution in [1.29, 1.82) is 0 Å². The fourth-order valence-electron chi connectivity index (χ4n) is 2.91. The van der Waals surface area contributed by atoms with Crippen LogP contribution in [0.5, 0.6) is 0 Å². The Labute approximate surface area is 151 Å². The fourth-order valence-corrected chi connectivity index (χ4v) is 3.81. The maximum atomic E-state index is 13.0. The van der Waals surface area contributed by atoms with Crippen LogP contribution in [-0.2, 0) is 6.42 Å². The van der Waals surface area contributed by atoms with Gasteiger partial charge in [0.2, 0.25) is 5.13 Å². The number of hydrogen-bond donors (Lipinski definition) is 1. The first-order valence-corrected chi connectivity index (χ1v) is 8.87. The molecule has 2 aromatic heterocycles. The van der Waals surface area contributed by atoms with E-state index >= 15 is 0 Å². The van der Waals surface area contributed by atoms with Gasteiger partial charge in [-0.2, -0.15) is 0 Å². The molecule has 3 heterocycles. The first-order chi connectivity index (χ1) is 12.6. The number of carboxylic acids is 1. The van der Waals surface area contributed by atoms with Crippen LogP contribution in [0.15, 0.2) is 30.5 Å². The molecule has 1 N–H and O–H groups in total. The van der Waals surface area contributed by atoms with E-state index in [-0.39, 0.29) is 17.6 Å². The quantitative estimate of drug-likeness (QED) is 0.729. The predicted octanol–water partition coefficient (Wildman–Crippen LogP) is 2.01. The Hall–Kier alpha value is -2.88. The average molecular weight is 374 g/mol. The standard InChI is InChI=1S/C16H15FN6O2S/c17-11-3-1-10(2-4-11)7-14-19-20-16(26-14)22-6-5-12(8-22)23-9-13(15(24)25)18-21-23/h1-4,9,12H,5-8H2,(H,24,25). The topological polar surface area (TPSA) is 97.0 Å². The van der Waals surface area contributed by atoms with Gasteiger partial charge in [0.1, 0.15) is 10.8 Å². The molecule has 1 saturated heterocycles. The van der Waals surface area contributed by atoms with Gasteiger partial charge in [0.25, 0.3) is 0 Å². The van der Waals surface area contributed by atoms with Crippen LogP contribution < -0.4 is 4.90 Å². The van der Waals surface area contributed by atoms with Crippen LogP contribution in [0.4, 0.5) is 9.52 Å². The van der Waals surface area contributed by atoms with Gasteiger partial charge in [0.05, 0.1) is 12.2 Å². The van der Waals surface area contributed by atoms with Gasteiger partial charge in [-0.3, -0.25) is 0 Å². The molecule has 8 nitrogen and oxygen atoms in total. The van der Waals surface area contributed by atoms with Gasteiger partial charge >= 0.3 is 5.97 Å². The lowest BCUT2D eigenvalue weighted by Crippen LogP contribution is -2.21. The molecule has 1 unspecified atom stereocenters. The molecule has 1 aliphatic heterocycles.